The number of rotatable bonds is 5. The fourth-order valence-corrected chi connectivity index (χ4v) is 1.52. The van der Waals surface area contributed by atoms with Gasteiger partial charge in [-0.05, 0) is 51.8 Å². The summed E-state index contributed by atoms with van der Waals surface area (Å²) in [5.74, 6) is -2.07. The SMILES string of the molecule is CC(C)(O)C(C)(C)NC(=O)CCc1ccc(F)c(F)c1. The molecule has 0 aliphatic carbocycles. The first-order valence-corrected chi connectivity index (χ1v) is 6.50. The summed E-state index contributed by atoms with van der Waals surface area (Å²) in [7, 11) is 0. The third-order valence-corrected chi connectivity index (χ3v) is 3.61. The first-order chi connectivity index (χ1) is 9.03. The van der Waals surface area contributed by atoms with Crippen molar-refractivity contribution in [3.05, 3.63) is 35.4 Å². The van der Waals surface area contributed by atoms with Crippen molar-refractivity contribution >= 4 is 5.91 Å². The van der Waals surface area contributed by atoms with Crippen molar-refractivity contribution in [2.45, 2.75) is 51.7 Å². The maximum atomic E-state index is 13.0. The highest BCUT2D eigenvalue weighted by Gasteiger charge is 2.36. The Morgan fingerprint density at radius 1 is 1.20 bits per heavy atom. The quantitative estimate of drug-likeness (QED) is 0.873. The second-order valence-electron chi connectivity index (χ2n) is 5.98. The summed E-state index contributed by atoms with van der Waals surface area (Å²) in [5.41, 5.74) is -1.29. The van der Waals surface area contributed by atoms with Crippen LogP contribution in [-0.2, 0) is 11.2 Å². The van der Waals surface area contributed by atoms with Gasteiger partial charge in [-0.3, -0.25) is 4.79 Å². The van der Waals surface area contributed by atoms with E-state index in [1.165, 1.54) is 6.07 Å². The number of hydrogen-bond donors (Lipinski definition) is 2. The molecule has 0 saturated heterocycles. The molecule has 0 aliphatic heterocycles. The Morgan fingerprint density at radius 3 is 2.30 bits per heavy atom. The van der Waals surface area contributed by atoms with Crippen LogP contribution < -0.4 is 5.32 Å². The van der Waals surface area contributed by atoms with Crippen LogP contribution in [0.2, 0.25) is 0 Å². The van der Waals surface area contributed by atoms with Crippen LogP contribution in [0.1, 0.15) is 39.7 Å². The monoisotopic (exact) mass is 285 g/mol. The molecule has 0 aliphatic rings. The van der Waals surface area contributed by atoms with Crippen molar-refractivity contribution in [1.29, 1.82) is 0 Å². The van der Waals surface area contributed by atoms with Gasteiger partial charge in [-0.2, -0.15) is 0 Å². The molecule has 3 nitrogen and oxygen atoms in total. The van der Waals surface area contributed by atoms with E-state index in [0.29, 0.717) is 12.0 Å². The number of amides is 1. The van der Waals surface area contributed by atoms with E-state index in [4.69, 9.17) is 0 Å². The molecule has 5 heteroatoms. The first-order valence-electron chi connectivity index (χ1n) is 6.50. The average molecular weight is 285 g/mol. The minimum Gasteiger partial charge on any atom is -0.388 e. The Kier molecular flexibility index (Phi) is 4.86. The van der Waals surface area contributed by atoms with E-state index in [0.717, 1.165) is 12.1 Å². The maximum absolute atomic E-state index is 13.0. The molecule has 1 rings (SSSR count). The Hall–Kier alpha value is -1.49. The third-order valence-electron chi connectivity index (χ3n) is 3.61. The van der Waals surface area contributed by atoms with Gasteiger partial charge in [0, 0.05) is 6.42 Å². The number of nitrogens with one attached hydrogen (secondary N) is 1. The van der Waals surface area contributed by atoms with Gasteiger partial charge in [-0.15, -0.1) is 0 Å². The van der Waals surface area contributed by atoms with E-state index in [1.54, 1.807) is 27.7 Å². The molecular weight excluding hydrogens is 264 g/mol. The van der Waals surface area contributed by atoms with Crippen molar-refractivity contribution in [2.24, 2.45) is 0 Å². The fraction of sp³-hybridized carbons (Fsp3) is 0.533. The van der Waals surface area contributed by atoms with Gasteiger partial charge >= 0.3 is 0 Å². The van der Waals surface area contributed by atoms with Crippen molar-refractivity contribution in [1.82, 2.24) is 5.32 Å². The van der Waals surface area contributed by atoms with Gasteiger partial charge in [0.25, 0.3) is 0 Å². The number of aryl methyl sites for hydroxylation is 1. The molecule has 20 heavy (non-hydrogen) atoms. The summed E-state index contributed by atoms with van der Waals surface area (Å²) >= 11 is 0. The smallest absolute Gasteiger partial charge is 0.220 e. The second-order valence-corrected chi connectivity index (χ2v) is 5.98. The van der Waals surface area contributed by atoms with E-state index < -0.39 is 22.8 Å². The van der Waals surface area contributed by atoms with Crippen LogP contribution in [0.3, 0.4) is 0 Å². The highest BCUT2D eigenvalue weighted by molar-refractivity contribution is 5.77. The van der Waals surface area contributed by atoms with Gasteiger partial charge in [-0.1, -0.05) is 6.07 Å². The fourth-order valence-electron chi connectivity index (χ4n) is 1.52. The van der Waals surface area contributed by atoms with E-state index in [2.05, 4.69) is 5.32 Å². The molecule has 0 atom stereocenters. The molecule has 0 bridgehead atoms. The van der Waals surface area contributed by atoms with Crippen molar-refractivity contribution in [3.8, 4) is 0 Å². The van der Waals surface area contributed by atoms with Gasteiger partial charge in [0.2, 0.25) is 5.91 Å². The highest BCUT2D eigenvalue weighted by atomic mass is 19.2. The van der Waals surface area contributed by atoms with Crippen molar-refractivity contribution in [2.75, 3.05) is 0 Å². The van der Waals surface area contributed by atoms with Crippen LogP contribution in [0.15, 0.2) is 18.2 Å². The molecule has 0 radical (unpaired) electrons. The number of benzene rings is 1. The molecule has 0 unspecified atom stereocenters. The molecule has 1 aromatic carbocycles. The molecule has 0 saturated carbocycles. The average Bonchev–Trinajstić information content (AvgIpc) is 2.28. The highest BCUT2D eigenvalue weighted by Crippen LogP contribution is 2.20. The summed E-state index contributed by atoms with van der Waals surface area (Å²) in [6.07, 6.45) is 0.454. The summed E-state index contributed by atoms with van der Waals surface area (Å²) in [6.45, 7) is 6.68. The molecule has 1 amide bonds. The molecule has 0 fully saturated rings. The molecule has 1 aromatic rings. The predicted octanol–water partition coefficient (Wildman–Crippen LogP) is 2.56. The molecule has 2 N–H and O–H groups in total. The lowest BCUT2D eigenvalue weighted by Crippen LogP contribution is -2.57. The van der Waals surface area contributed by atoms with E-state index in [-0.39, 0.29) is 12.3 Å². The lowest BCUT2D eigenvalue weighted by atomic mass is 9.86. The number of carbonyl (C=O) groups excluding carboxylic acids is 1. The predicted molar refractivity (Wildman–Crippen MR) is 73.2 cm³/mol. The van der Waals surface area contributed by atoms with E-state index in [1.807, 2.05) is 0 Å². The number of halogens is 2. The summed E-state index contributed by atoms with van der Waals surface area (Å²) in [5, 5.41) is 12.7. The standard InChI is InChI=1S/C15H21F2NO2/c1-14(2,15(3,4)20)18-13(19)8-6-10-5-7-11(16)12(17)9-10/h5,7,9,20H,6,8H2,1-4H3,(H,18,19). The van der Waals surface area contributed by atoms with Crippen LogP contribution in [0.5, 0.6) is 0 Å². The number of aliphatic hydroxyl groups is 1. The summed E-state index contributed by atoms with van der Waals surface area (Å²) in [6, 6.07) is 3.58. The van der Waals surface area contributed by atoms with Gasteiger partial charge < -0.3 is 10.4 Å². The largest absolute Gasteiger partial charge is 0.388 e. The molecule has 0 heterocycles. The summed E-state index contributed by atoms with van der Waals surface area (Å²) < 4.78 is 25.8. The number of hydrogen-bond acceptors (Lipinski definition) is 2. The molecule has 112 valence electrons. The Bertz CT molecular complexity index is 493. The Morgan fingerprint density at radius 2 is 1.80 bits per heavy atom. The van der Waals surface area contributed by atoms with Gasteiger partial charge in [0.1, 0.15) is 0 Å². The van der Waals surface area contributed by atoms with E-state index in [9.17, 15) is 18.7 Å². The first kappa shape index (κ1) is 16.6. The third kappa shape index (κ3) is 4.27. The van der Waals surface area contributed by atoms with Crippen LogP contribution in [0.4, 0.5) is 8.78 Å². The van der Waals surface area contributed by atoms with Crippen LogP contribution in [0, 0.1) is 11.6 Å². The minimum absolute atomic E-state index is 0.143. The summed E-state index contributed by atoms with van der Waals surface area (Å²) in [4.78, 5) is 11.8. The van der Waals surface area contributed by atoms with E-state index >= 15 is 0 Å². The van der Waals surface area contributed by atoms with Crippen LogP contribution >= 0.6 is 0 Å². The second kappa shape index (κ2) is 5.87. The topological polar surface area (TPSA) is 49.3 Å². The Labute approximate surface area is 118 Å². The van der Waals surface area contributed by atoms with Gasteiger partial charge in [0.05, 0.1) is 11.1 Å². The zero-order valence-electron chi connectivity index (χ0n) is 12.3. The van der Waals surface area contributed by atoms with Crippen LogP contribution in [0.25, 0.3) is 0 Å². The molecule has 0 spiro atoms. The molecule has 0 aromatic heterocycles. The van der Waals surface area contributed by atoms with Crippen molar-refractivity contribution in [3.63, 3.8) is 0 Å². The zero-order chi connectivity index (χ0) is 15.6. The van der Waals surface area contributed by atoms with Crippen molar-refractivity contribution < 1.29 is 18.7 Å². The Balaban J connectivity index is 2.58. The van der Waals surface area contributed by atoms with Gasteiger partial charge in [-0.25, -0.2) is 8.78 Å². The lowest BCUT2D eigenvalue weighted by Gasteiger charge is -2.38. The van der Waals surface area contributed by atoms with Crippen LogP contribution in [-0.4, -0.2) is 22.2 Å². The zero-order valence-corrected chi connectivity index (χ0v) is 12.3. The minimum atomic E-state index is -1.06. The maximum Gasteiger partial charge on any atom is 0.220 e. The molecular formula is C15H21F2NO2. The number of carbonyl (C=O) groups is 1. The van der Waals surface area contributed by atoms with Gasteiger partial charge in [0.15, 0.2) is 11.6 Å². The lowest BCUT2D eigenvalue weighted by molar-refractivity contribution is -0.126. The normalized spacial score (nSPS) is 12.3.